The van der Waals surface area contributed by atoms with Crippen molar-refractivity contribution in [2.75, 3.05) is 18.5 Å². The molecule has 0 fully saturated rings. The number of aryl methyl sites for hydroxylation is 1. The minimum Gasteiger partial charge on any atom is -0.396 e. The zero-order valence-electron chi connectivity index (χ0n) is 10.8. The van der Waals surface area contributed by atoms with Crippen molar-refractivity contribution in [3.8, 4) is 0 Å². The molecule has 1 aromatic rings. The highest BCUT2D eigenvalue weighted by atomic mass is 79.9. The molecule has 0 amide bonds. The second kappa shape index (κ2) is 6.36. The molecule has 0 spiro atoms. The van der Waals surface area contributed by atoms with Gasteiger partial charge in [-0.25, -0.2) is 4.98 Å². The van der Waals surface area contributed by atoms with E-state index in [1.165, 1.54) is 0 Å². The predicted octanol–water partition coefficient (Wildman–Crippen LogP) is 3.36. The maximum Gasteiger partial charge on any atom is 0.140 e. The van der Waals surface area contributed by atoms with Gasteiger partial charge >= 0.3 is 0 Å². The summed E-state index contributed by atoms with van der Waals surface area (Å²) in [7, 11) is 0. The van der Waals surface area contributed by atoms with E-state index < -0.39 is 0 Å². The third kappa shape index (κ3) is 3.68. The summed E-state index contributed by atoms with van der Waals surface area (Å²) >= 11 is 3.49. The van der Waals surface area contributed by atoms with Crippen LogP contribution < -0.4 is 5.32 Å². The Balaban J connectivity index is 2.72. The van der Waals surface area contributed by atoms with E-state index in [1.54, 1.807) is 0 Å². The number of anilines is 1. The van der Waals surface area contributed by atoms with E-state index in [4.69, 9.17) is 0 Å². The van der Waals surface area contributed by atoms with Crippen LogP contribution in [0.3, 0.4) is 0 Å². The van der Waals surface area contributed by atoms with Gasteiger partial charge in [-0.15, -0.1) is 0 Å². The van der Waals surface area contributed by atoms with E-state index in [0.717, 1.165) is 35.2 Å². The average Bonchev–Trinajstić information content (AvgIpc) is 2.33. The van der Waals surface area contributed by atoms with E-state index >= 15 is 0 Å². The number of pyridine rings is 1. The number of rotatable bonds is 6. The van der Waals surface area contributed by atoms with Crippen molar-refractivity contribution in [1.29, 1.82) is 0 Å². The zero-order chi connectivity index (χ0) is 12.9. The number of aliphatic hydroxyl groups excluding tert-OH is 1. The summed E-state index contributed by atoms with van der Waals surface area (Å²) in [5, 5.41) is 12.8. The first-order chi connectivity index (χ1) is 8.06. The Morgan fingerprint density at radius 2 is 2.06 bits per heavy atom. The van der Waals surface area contributed by atoms with Crippen molar-refractivity contribution >= 4 is 21.7 Å². The quantitative estimate of drug-likeness (QED) is 0.847. The molecule has 0 aromatic carbocycles. The first-order valence-corrected chi connectivity index (χ1v) is 6.83. The molecule has 17 heavy (non-hydrogen) atoms. The lowest BCUT2D eigenvalue weighted by Crippen LogP contribution is -2.32. The van der Waals surface area contributed by atoms with E-state index in [2.05, 4.69) is 40.1 Å². The summed E-state index contributed by atoms with van der Waals surface area (Å²) < 4.78 is 0.969. The van der Waals surface area contributed by atoms with Crippen molar-refractivity contribution in [3.05, 3.63) is 22.3 Å². The maximum absolute atomic E-state index is 9.50. The molecular weight excluding hydrogens is 280 g/mol. The number of halogens is 1. The van der Waals surface area contributed by atoms with Crippen molar-refractivity contribution in [2.45, 2.75) is 33.6 Å². The van der Waals surface area contributed by atoms with Crippen LogP contribution in [0.4, 0.5) is 5.82 Å². The number of aromatic nitrogens is 1. The Hall–Kier alpha value is -0.610. The Morgan fingerprint density at radius 1 is 1.41 bits per heavy atom. The van der Waals surface area contributed by atoms with Crippen LogP contribution in [-0.2, 0) is 0 Å². The van der Waals surface area contributed by atoms with Gasteiger partial charge < -0.3 is 10.4 Å². The average molecular weight is 301 g/mol. The lowest BCUT2D eigenvalue weighted by molar-refractivity contribution is 0.127. The van der Waals surface area contributed by atoms with Gasteiger partial charge in [-0.05, 0) is 47.3 Å². The second-order valence-electron chi connectivity index (χ2n) is 4.56. The fourth-order valence-electron chi connectivity index (χ4n) is 1.71. The van der Waals surface area contributed by atoms with Crippen LogP contribution in [0.2, 0.25) is 0 Å². The van der Waals surface area contributed by atoms with E-state index in [9.17, 15) is 5.11 Å². The van der Waals surface area contributed by atoms with Crippen molar-refractivity contribution in [1.82, 2.24) is 4.98 Å². The van der Waals surface area contributed by atoms with Gasteiger partial charge in [0.15, 0.2) is 0 Å². The lowest BCUT2D eigenvalue weighted by Gasteiger charge is -2.29. The van der Waals surface area contributed by atoms with Gasteiger partial charge in [0.2, 0.25) is 0 Å². The molecule has 0 aliphatic rings. The van der Waals surface area contributed by atoms with Crippen LogP contribution >= 0.6 is 15.9 Å². The summed E-state index contributed by atoms with van der Waals surface area (Å²) in [4.78, 5) is 4.34. The summed E-state index contributed by atoms with van der Waals surface area (Å²) in [5.41, 5.74) is 1.08. The Kier molecular flexibility index (Phi) is 5.40. The van der Waals surface area contributed by atoms with Gasteiger partial charge in [-0.1, -0.05) is 13.8 Å². The molecule has 4 heteroatoms. The third-order valence-corrected chi connectivity index (χ3v) is 4.05. The van der Waals surface area contributed by atoms with Gasteiger partial charge in [-0.2, -0.15) is 0 Å². The molecule has 0 aliphatic carbocycles. The highest BCUT2D eigenvalue weighted by Crippen LogP contribution is 2.27. The lowest BCUT2D eigenvalue weighted by atomic mass is 9.83. The van der Waals surface area contributed by atoms with Crippen molar-refractivity contribution < 1.29 is 5.11 Å². The Morgan fingerprint density at radius 3 is 2.53 bits per heavy atom. The fourth-order valence-corrected chi connectivity index (χ4v) is 2.32. The summed E-state index contributed by atoms with van der Waals surface area (Å²) in [6.45, 7) is 7.18. The molecule has 1 heterocycles. The van der Waals surface area contributed by atoms with Crippen LogP contribution in [0.5, 0.6) is 0 Å². The van der Waals surface area contributed by atoms with Crippen molar-refractivity contribution in [3.63, 3.8) is 0 Å². The minimum atomic E-state index is -0.0496. The van der Waals surface area contributed by atoms with Crippen LogP contribution in [0, 0.1) is 12.3 Å². The minimum absolute atomic E-state index is 0.0496. The maximum atomic E-state index is 9.50. The normalized spacial score (nSPS) is 11.6. The third-order valence-electron chi connectivity index (χ3n) is 3.44. The molecule has 0 radical (unpaired) electrons. The second-order valence-corrected chi connectivity index (χ2v) is 5.42. The highest BCUT2D eigenvalue weighted by Gasteiger charge is 2.25. The molecule has 0 unspecified atom stereocenters. The molecule has 0 aliphatic heterocycles. The number of nitrogens with zero attached hydrogens (tertiary/aromatic N) is 1. The van der Waals surface area contributed by atoms with Crippen molar-refractivity contribution in [2.24, 2.45) is 5.41 Å². The predicted molar refractivity (Wildman–Crippen MR) is 75.3 cm³/mol. The highest BCUT2D eigenvalue weighted by molar-refractivity contribution is 9.10. The number of hydrogen-bond acceptors (Lipinski definition) is 3. The van der Waals surface area contributed by atoms with E-state index in [-0.39, 0.29) is 12.0 Å². The Labute approximate surface area is 112 Å². The standard InChI is InChI=1S/C13H21BrN2O/c1-4-13(5-2,9-17)8-16-12-11(14)6-10(3)7-15-12/h6-7,17H,4-5,8-9H2,1-3H3,(H,15,16). The van der Waals surface area contributed by atoms with Gasteiger partial charge in [0, 0.05) is 18.2 Å². The smallest absolute Gasteiger partial charge is 0.140 e. The summed E-state index contributed by atoms with van der Waals surface area (Å²) in [6.07, 6.45) is 3.75. The monoisotopic (exact) mass is 300 g/mol. The van der Waals surface area contributed by atoms with Gasteiger partial charge in [0.05, 0.1) is 11.1 Å². The van der Waals surface area contributed by atoms with Crippen LogP contribution in [0.25, 0.3) is 0 Å². The SMILES string of the molecule is CCC(CC)(CO)CNc1ncc(C)cc1Br. The molecule has 0 bridgehead atoms. The molecule has 1 rings (SSSR count). The molecule has 1 aromatic heterocycles. The summed E-state index contributed by atoms with van der Waals surface area (Å²) in [5.74, 6) is 0.843. The molecule has 2 N–H and O–H groups in total. The Bertz CT molecular complexity index is 356. The summed E-state index contributed by atoms with van der Waals surface area (Å²) in [6, 6.07) is 2.04. The topological polar surface area (TPSA) is 45.1 Å². The largest absolute Gasteiger partial charge is 0.396 e. The molecule has 96 valence electrons. The molecule has 0 atom stereocenters. The first kappa shape index (κ1) is 14.5. The van der Waals surface area contributed by atoms with Gasteiger partial charge in [0.25, 0.3) is 0 Å². The van der Waals surface area contributed by atoms with Gasteiger partial charge in [0.1, 0.15) is 5.82 Å². The fraction of sp³-hybridized carbons (Fsp3) is 0.615. The number of hydrogen-bond donors (Lipinski definition) is 2. The molecule has 0 saturated heterocycles. The van der Waals surface area contributed by atoms with E-state index in [1.807, 2.05) is 19.2 Å². The number of aliphatic hydroxyl groups is 1. The van der Waals surface area contributed by atoms with Gasteiger partial charge in [-0.3, -0.25) is 0 Å². The molecule has 3 nitrogen and oxygen atoms in total. The van der Waals surface area contributed by atoms with Crippen LogP contribution in [0.15, 0.2) is 16.7 Å². The first-order valence-electron chi connectivity index (χ1n) is 6.04. The number of nitrogens with one attached hydrogen (secondary N) is 1. The van der Waals surface area contributed by atoms with Crippen LogP contribution in [-0.4, -0.2) is 23.2 Å². The molecular formula is C13H21BrN2O. The zero-order valence-corrected chi connectivity index (χ0v) is 12.3. The molecule has 0 saturated carbocycles. The van der Waals surface area contributed by atoms with Crippen LogP contribution in [0.1, 0.15) is 32.3 Å². The van der Waals surface area contributed by atoms with E-state index in [0.29, 0.717) is 0 Å².